The number of rotatable bonds is 3. The molecule has 1 heterocycles. The molecule has 88 valence electrons. The van der Waals surface area contributed by atoms with Crippen LogP contribution in [0.25, 0.3) is 0 Å². The summed E-state index contributed by atoms with van der Waals surface area (Å²) in [6.45, 7) is 0.184. The van der Waals surface area contributed by atoms with E-state index in [1.54, 1.807) is 26.0 Å². The van der Waals surface area contributed by atoms with E-state index in [9.17, 15) is 4.79 Å². The third kappa shape index (κ3) is 2.73. The fourth-order valence-corrected chi connectivity index (χ4v) is 1.30. The van der Waals surface area contributed by atoms with Crippen LogP contribution in [0.2, 0.25) is 5.02 Å². The molecular formula is C9H14ClN5O. The summed E-state index contributed by atoms with van der Waals surface area (Å²) in [7, 11) is 5.09. The highest BCUT2D eigenvalue weighted by Crippen LogP contribution is 2.25. The van der Waals surface area contributed by atoms with Crippen LogP contribution < -0.4 is 10.6 Å². The van der Waals surface area contributed by atoms with Crippen LogP contribution in [-0.4, -0.2) is 48.5 Å². The van der Waals surface area contributed by atoms with Crippen molar-refractivity contribution in [2.45, 2.75) is 0 Å². The van der Waals surface area contributed by atoms with E-state index in [1.807, 2.05) is 0 Å². The van der Waals surface area contributed by atoms with Gasteiger partial charge in [-0.1, -0.05) is 11.6 Å². The van der Waals surface area contributed by atoms with Crippen molar-refractivity contribution in [3.8, 4) is 0 Å². The van der Waals surface area contributed by atoms with E-state index in [2.05, 4.69) is 9.97 Å². The highest BCUT2D eigenvalue weighted by molar-refractivity contribution is 6.35. The number of hydrogen-bond donors (Lipinski definition) is 1. The van der Waals surface area contributed by atoms with E-state index in [1.165, 1.54) is 11.2 Å². The van der Waals surface area contributed by atoms with Crippen LogP contribution >= 0.6 is 11.6 Å². The van der Waals surface area contributed by atoms with Crippen molar-refractivity contribution in [3.05, 3.63) is 11.3 Å². The van der Waals surface area contributed by atoms with Gasteiger partial charge in [-0.15, -0.1) is 0 Å². The molecule has 0 aromatic carbocycles. The monoisotopic (exact) mass is 243 g/mol. The third-order valence-corrected chi connectivity index (χ3v) is 2.39. The van der Waals surface area contributed by atoms with Crippen LogP contribution in [-0.2, 0) is 4.79 Å². The lowest BCUT2D eigenvalue weighted by Crippen LogP contribution is -2.34. The Labute approximate surface area is 99.0 Å². The Balaban J connectivity index is 2.85. The summed E-state index contributed by atoms with van der Waals surface area (Å²) in [4.78, 5) is 22.3. The zero-order chi connectivity index (χ0) is 12.3. The van der Waals surface area contributed by atoms with E-state index in [0.29, 0.717) is 5.82 Å². The van der Waals surface area contributed by atoms with Gasteiger partial charge in [-0.25, -0.2) is 9.97 Å². The van der Waals surface area contributed by atoms with Gasteiger partial charge in [0.15, 0.2) is 5.82 Å². The fraction of sp³-hybridized carbons (Fsp3) is 0.444. The number of nitrogens with zero attached hydrogens (tertiary/aromatic N) is 4. The molecule has 0 saturated carbocycles. The fourth-order valence-electron chi connectivity index (χ4n) is 1.06. The Morgan fingerprint density at radius 3 is 2.62 bits per heavy atom. The standard InChI is InChI=1S/C9H14ClN5O/c1-14(2)6(16)4-15(3)9-7(10)8(11)12-5-13-9/h5H,4H2,1-3H3,(H2,11,12,13). The molecule has 0 radical (unpaired) electrons. The molecule has 0 bridgehead atoms. The van der Waals surface area contributed by atoms with Crippen LogP contribution in [0.4, 0.5) is 11.6 Å². The first-order chi connectivity index (χ1) is 7.43. The zero-order valence-electron chi connectivity index (χ0n) is 9.44. The molecule has 0 saturated heterocycles. The second-order valence-corrected chi connectivity index (χ2v) is 3.92. The smallest absolute Gasteiger partial charge is 0.241 e. The Morgan fingerprint density at radius 1 is 1.44 bits per heavy atom. The van der Waals surface area contributed by atoms with Gasteiger partial charge in [0.1, 0.15) is 17.2 Å². The molecule has 0 spiro atoms. The van der Waals surface area contributed by atoms with Gasteiger partial charge in [0.25, 0.3) is 0 Å². The Bertz CT molecular complexity index is 395. The first-order valence-electron chi connectivity index (χ1n) is 4.60. The van der Waals surface area contributed by atoms with Gasteiger partial charge < -0.3 is 15.5 Å². The summed E-state index contributed by atoms with van der Waals surface area (Å²) in [5.74, 6) is 0.607. The molecule has 0 aliphatic carbocycles. The molecule has 0 unspecified atom stereocenters. The van der Waals surface area contributed by atoms with Crippen LogP contribution in [0.5, 0.6) is 0 Å². The molecule has 7 heteroatoms. The largest absolute Gasteiger partial charge is 0.382 e. The van der Waals surface area contributed by atoms with Gasteiger partial charge in [-0.05, 0) is 0 Å². The molecule has 0 atom stereocenters. The summed E-state index contributed by atoms with van der Waals surface area (Å²) in [6, 6.07) is 0. The molecule has 0 aliphatic heterocycles. The van der Waals surface area contributed by atoms with Crippen LogP contribution in [0.1, 0.15) is 0 Å². The first kappa shape index (κ1) is 12.5. The summed E-state index contributed by atoms with van der Waals surface area (Å²) in [5.41, 5.74) is 5.54. The average molecular weight is 244 g/mol. The topological polar surface area (TPSA) is 75.4 Å². The van der Waals surface area contributed by atoms with Crippen molar-refractivity contribution in [2.24, 2.45) is 0 Å². The van der Waals surface area contributed by atoms with Gasteiger partial charge in [0.2, 0.25) is 5.91 Å². The Morgan fingerprint density at radius 2 is 2.06 bits per heavy atom. The van der Waals surface area contributed by atoms with Gasteiger partial charge in [-0.2, -0.15) is 0 Å². The van der Waals surface area contributed by atoms with Crippen LogP contribution in [0.3, 0.4) is 0 Å². The number of amides is 1. The van der Waals surface area contributed by atoms with E-state index in [-0.39, 0.29) is 23.3 Å². The van der Waals surface area contributed by atoms with E-state index in [0.717, 1.165) is 0 Å². The average Bonchev–Trinajstić information content (AvgIpc) is 2.21. The number of halogens is 1. The van der Waals surface area contributed by atoms with Crippen LogP contribution in [0, 0.1) is 0 Å². The van der Waals surface area contributed by atoms with Crippen molar-refractivity contribution in [3.63, 3.8) is 0 Å². The van der Waals surface area contributed by atoms with Crippen molar-refractivity contribution >= 4 is 29.1 Å². The minimum absolute atomic E-state index is 0.0456. The molecule has 1 aromatic heterocycles. The Kier molecular flexibility index (Phi) is 3.89. The molecule has 1 rings (SSSR count). The normalized spacial score (nSPS) is 10.0. The second-order valence-electron chi connectivity index (χ2n) is 3.54. The van der Waals surface area contributed by atoms with Gasteiger partial charge in [-0.3, -0.25) is 4.79 Å². The van der Waals surface area contributed by atoms with Gasteiger partial charge in [0, 0.05) is 21.1 Å². The molecule has 0 fully saturated rings. The molecule has 16 heavy (non-hydrogen) atoms. The summed E-state index contributed by atoms with van der Waals surface area (Å²) >= 11 is 5.93. The quantitative estimate of drug-likeness (QED) is 0.823. The number of nitrogens with two attached hydrogens (primary N) is 1. The van der Waals surface area contributed by atoms with Crippen LogP contribution in [0.15, 0.2) is 6.33 Å². The summed E-state index contributed by atoms with van der Waals surface area (Å²) < 4.78 is 0. The molecule has 0 aliphatic rings. The maximum atomic E-state index is 11.5. The predicted octanol–water partition coefficient (Wildman–Crippen LogP) is 0.237. The van der Waals surface area contributed by atoms with Gasteiger partial charge >= 0.3 is 0 Å². The third-order valence-electron chi connectivity index (χ3n) is 2.03. The summed E-state index contributed by atoms with van der Waals surface area (Å²) in [6.07, 6.45) is 1.31. The molecule has 1 aromatic rings. The number of anilines is 2. The van der Waals surface area contributed by atoms with E-state index in [4.69, 9.17) is 17.3 Å². The molecule has 6 nitrogen and oxygen atoms in total. The van der Waals surface area contributed by atoms with E-state index < -0.39 is 0 Å². The van der Waals surface area contributed by atoms with E-state index >= 15 is 0 Å². The SMILES string of the molecule is CN(C)C(=O)CN(C)c1ncnc(N)c1Cl. The van der Waals surface area contributed by atoms with Gasteiger partial charge in [0.05, 0.1) is 6.54 Å². The Hall–Kier alpha value is -1.56. The van der Waals surface area contributed by atoms with Crippen molar-refractivity contribution in [1.82, 2.24) is 14.9 Å². The number of carbonyl (C=O) groups excluding carboxylic acids is 1. The highest BCUT2D eigenvalue weighted by atomic mass is 35.5. The maximum Gasteiger partial charge on any atom is 0.241 e. The predicted molar refractivity (Wildman–Crippen MR) is 63.4 cm³/mol. The number of aromatic nitrogens is 2. The van der Waals surface area contributed by atoms with Crippen molar-refractivity contribution in [1.29, 1.82) is 0 Å². The summed E-state index contributed by atoms with van der Waals surface area (Å²) in [5, 5.41) is 0.261. The molecule has 1 amide bonds. The molecule has 2 N–H and O–H groups in total. The lowest BCUT2D eigenvalue weighted by atomic mass is 10.4. The lowest BCUT2D eigenvalue weighted by molar-refractivity contribution is -0.127. The number of carbonyl (C=O) groups is 1. The van der Waals surface area contributed by atoms with Crippen molar-refractivity contribution in [2.75, 3.05) is 38.3 Å². The minimum Gasteiger partial charge on any atom is -0.382 e. The molecular weight excluding hydrogens is 230 g/mol. The maximum absolute atomic E-state index is 11.5. The zero-order valence-corrected chi connectivity index (χ0v) is 10.2. The number of hydrogen-bond acceptors (Lipinski definition) is 5. The highest BCUT2D eigenvalue weighted by Gasteiger charge is 2.14. The van der Waals surface area contributed by atoms with Crippen molar-refractivity contribution < 1.29 is 4.79 Å². The lowest BCUT2D eigenvalue weighted by Gasteiger charge is -2.20. The first-order valence-corrected chi connectivity index (χ1v) is 4.98. The number of nitrogen functional groups attached to an aromatic ring is 1. The second kappa shape index (κ2) is 4.98. The minimum atomic E-state index is -0.0456. The number of likely N-dealkylation sites (N-methyl/N-ethyl adjacent to an activating group) is 2.